The van der Waals surface area contributed by atoms with Crippen molar-refractivity contribution < 1.29 is 42.1 Å². The second kappa shape index (κ2) is 55.2. The zero-order valence-electron chi connectivity index (χ0n) is 48.8. The van der Waals surface area contributed by atoms with Crippen LogP contribution < -0.4 is 4.89 Å². The lowest BCUT2D eigenvalue weighted by Crippen LogP contribution is -2.37. The average Bonchev–Trinajstić information content (AvgIpc) is 3.36. The SMILES string of the molecule is CC/C=C\C/C=C\C/C=C\C/C=C\C/C=C\CCCCCCCCCCCC(=O)OC(COC(=O)CCCCCCCCCCCCCCC/C=C\CCCCCCCCCC)COP(=O)([O-])OCC[N+](C)(C)C. The van der Waals surface area contributed by atoms with Gasteiger partial charge in [0.25, 0.3) is 7.82 Å². The molecule has 0 aromatic heterocycles. The van der Waals surface area contributed by atoms with Crippen molar-refractivity contribution in [3.05, 3.63) is 72.9 Å². The van der Waals surface area contributed by atoms with Gasteiger partial charge in [0.2, 0.25) is 0 Å². The first-order valence-electron chi connectivity index (χ1n) is 30.6. The monoisotopic (exact) mass is 1060 g/mol. The van der Waals surface area contributed by atoms with Gasteiger partial charge < -0.3 is 27.9 Å². The Morgan fingerprint density at radius 3 is 1.16 bits per heavy atom. The van der Waals surface area contributed by atoms with Crippen LogP contribution in [0.2, 0.25) is 0 Å². The molecule has 0 bridgehead atoms. The topological polar surface area (TPSA) is 111 Å². The lowest BCUT2D eigenvalue weighted by molar-refractivity contribution is -0.870. The highest BCUT2D eigenvalue weighted by molar-refractivity contribution is 7.45. The Bertz CT molecular complexity index is 1480. The molecule has 0 aromatic carbocycles. The number of allylic oxidation sites excluding steroid dienone is 12. The molecule has 0 aromatic rings. The standard InChI is InChI=1S/C64H116NO8P/c1-6-8-10-12-14-16-18-20-22-24-26-28-30-32-34-36-38-40-42-44-46-48-50-52-54-56-63(66)70-60-62(61-72-74(68,69)71-59-58-65(3,4)5)73-64(67)57-55-53-51-49-47-45-43-41-39-37-35-33-31-29-27-25-23-21-19-17-15-13-11-9-7-2/h9,11,15,17,21,23-24,26-27,29,33,35,62H,6-8,10,12-14,16,18-20,22,25,28,30-32,34,36-61H2,1-5H3/b11-9-,17-15-,23-21-,26-24-,29-27-,35-33-. The number of carbonyl (C=O) groups excluding carboxylic acids is 2. The number of hydrogen-bond donors (Lipinski definition) is 0. The Kier molecular flexibility index (Phi) is 53.3. The third-order valence-corrected chi connectivity index (χ3v) is 14.2. The molecule has 0 aliphatic rings. The van der Waals surface area contributed by atoms with Gasteiger partial charge in [-0.05, 0) is 83.5 Å². The fraction of sp³-hybridized carbons (Fsp3) is 0.781. The first kappa shape index (κ1) is 71.5. The second-order valence-electron chi connectivity index (χ2n) is 21.7. The van der Waals surface area contributed by atoms with Crippen molar-refractivity contribution in [2.45, 2.75) is 277 Å². The molecule has 10 heteroatoms. The zero-order valence-corrected chi connectivity index (χ0v) is 49.7. The second-order valence-corrected chi connectivity index (χ2v) is 23.1. The summed E-state index contributed by atoms with van der Waals surface area (Å²) >= 11 is 0. The lowest BCUT2D eigenvalue weighted by atomic mass is 10.0. The van der Waals surface area contributed by atoms with Crippen LogP contribution >= 0.6 is 7.82 Å². The zero-order chi connectivity index (χ0) is 54.2. The molecular formula is C64H116NO8P. The van der Waals surface area contributed by atoms with Crippen molar-refractivity contribution in [1.82, 2.24) is 0 Å². The maximum Gasteiger partial charge on any atom is 0.306 e. The number of esters is 2. The number of quaternary nitrogens is 1. The number of nitrogens with zero attached hydrogens (tertiary/aromatic N) is 1. The Balaban J connectivity index is 4.15. The molecule has 0 saturated carbocycles. The van der Waals surface area contributed by atoms with Gasteiger partial charge in [-0.2, -0.15) is 0 Å². The molecule has 0 spiro atoms. The van der Waals surface area contributed by atoms with Crippen LogP contribution in [-0.2, 0) is 32.7 Å². The van der Waals surface area contributed by atoms with E-state index in [1.54, 1.807) is 0 Å². The van der Waals surface area contributed by atoms with E-state index in [0.717, 1.165) is 77.0 Å². The molecule has 0 amide bonds. The number of ether oxygens (including phenoxy) is 2. The molecular weight excluding hydrogens is 942 g/mol. The van der Waals surface area contributed by atoms with Crippen LogP contribution in [0.25, 0.3) is 0 Å². The van der Waals surface area contributed by atoms with E-state index in [4.69, 9.17) is 18.5 Å². The molecule has 0 radical (unpaired) electrons. The van der Waals surface area contributed by atoms with Gasteiger partial charge in [0.15, 0.2) is 6.10 Å². The van der Waals surface area contributed by atoms with Crippen LogP contribution in [0.5, 0.6) is 0 Å². The Hall–Kier alpha value is -2.55. The summed E-state index contributed by atoms with van der Waals surface area (Å²) < 4.78 is 34.2. The number of likely N-dealkylation sites (N-methyl/N-ethyl adjacent to an activating group) is 1. The van der Waals surface area contributed by atoms with Crippen molar-refractivity contribution in [3.63, 3.8) is 0 Å². The summed E-state index contributed by atoms with van der Waals surface area (Å²) in [6, 6.07) is 0. The molecule has 74 heavy (non-hydrogen) atoms. The van der Waals surface area contributed by atoms with Gasteiger partial charge in [-0.1, -0.05) is 247 Å². The summed E-state index contributed by atoms with van der Waals surface area (Å²) in [5.41, 5.74) is 0. The van der Waals surface area contributed by atoms with Crippen molar-refractivity contribution in [2.75, 3.05) is 47.5 Å². The minimum atomic E-state index is -4.64. The van der Waals surface area contributed by atoms with Crippen LogP contribution in [0.4, 0.5) is 0 Å². The number of carbonyl (C=O) groups is 2. The average molecular weight is 1060 g/mol. The summed E-state index contributed by atoms with van der Waals surface area (Å²) in [5, 5.41) is 0. The molecule has 0 saturated heterocycles. The molecule has 0 aliphatic carbocycles. The van der Waals surface area contributed by atoms with E-state index in [-0.39, 0.29) is 32.0 Å². The van der Waals surface area contributed by atoms with Crippen LogP contribution in [-0.4, -0.2) is 70.0 Å². The third kappa shape index (κ3) is 58.7. The van der Waals surface area contributed by atoms with Gasteiger partial charge >= 0.3 is 11.9 Å². The summed E-state index contributed by atoms with van der Waals surface area (Å²) in [6.45, 7) is 4.14. The maximum atomic E-state index is 12.8. The smallest absolute Gasteiger partial charge is 0.306 e. The van der Waals surface area contributed by atoms with Gasteiger partial charge in [-0.25, -0.2) is 0 Å². The minimum Gasteiger partial charge on any atom is -0.756 e. The van der Waals surface area contributed by atoms with E-state index in [1.165, 1.54) is 161 Å². The molecule has 430 valence electrons. The van der Waals surface area contributed by atoms with Crippen LogP contribution in [0, 0.1) is 0 Å². The first-order valence-corrected chi connectivity index (χ1v) is 32.1. The van der Waals surface area contributed by atoms with E-state index in [9.17, 15) is 19.0 Å². The Labute approximate surface area is 457 Å². The molecule has 0 rings (SSSR count). The summed E-state index contributed by atoms with van der Waals surface area (Å²) in [6.07, 6.45) is 72.3. The summed E-state index contributed by atoms with van der Waals surface area (Å²) in [4.78, 5) is 37.9. The Morgan fingerprint density at radius 2 is 0.770 bits per heavy atom. The molecule has 0 fully saturated rings. The molecule has 0 heterocycles. The first-order chi connectivity index (χ1) is 36.0. The quantitative estimate of drug-likeness (QED) is 0.0195. The van der Waals surface area contributed by atoms with Crippen LogP contribution in [0.15, 0.2) is 72.9 Å². The lowest BCUT2D eigenvalue weighted by Gasteiger charge is -2.28. The summed E-state index contributed by atoms with van der Waals surface area (Å²) in [5.74, 6) is -0.835. The Morgan fingerprint density at radius 1 is 0.432 bits per heavy atom. The molecule has 2 atom stereocenters. The predicted molar refractivity (Wildman–Crippen MR) is 314 cm³/mol. The largest absolute Gasteiger partial charge is 0.756 e. The predicted octanol–water partition coefficient (Wildman–Crippen LogP) is 18.6. The van der Waals surface area contributed by atoms with Gasteiger partial charge in [0, 0.05) is 12.8 Å². The number of phosphoric ester groups is 1. The number of hydrogen-bond acceptors (Lipinski definition) is 8. The highest BCUT2D eigenvalue weighted by atomic mass is 31.2. The van der Waals surface area contributed by atoms with E-state index >= 15 is 0 Å². The normalized spacial score (nSPS) is 13.8. The molecule has 0 aliphatic heterocycles. The number of phosphoric acid groups is 1. The third-order valence-electron chi connectivity index (χ3n) is 13.2. The minimum absolute atomic E-state index is 0.0341. The van der Waals surface area contributed by atoms with Crippen molar-refractivity contribution in [2.24, 2.45) is 0 Å². The fourth-order valence-electron chi connectivity index (χ4n) is 8.50. The molecule has 9 nitrogen and oxygen atoms in total. The van der Waals surface area contributed by atoms with Gasteiger partial charge in [-0.15, -0.1) is 0 Å². The number of rotatable bonds is 56. The highest BCUT2D eigenvalue weighted by Gasteiger charge is 2.22. The van der Waals surface area contributed by atoms with Crippen molar-refractivity contribution in [1.29, 1.82) is 0 Å². The highest BCUT2D eigenvalue weighted by Crippen LogP contribution is 2.38. The number of unbranched alkanes of at least 4 members (excludes halogenated alkanes) is 30. The van der Waals surface area contributed by atoms with E-state index in [1.807, 2.05) is 21.1 Å². The van der Waals surface area contributed by atoms with Crippen molar-refractivity contribution in [3.8, 4) is 0 Å². The fourth-order valence-corrected chi connectivity index (χ4v) is 9.23. The molecule has 2 unspecified atom stereocenters. The van der Waals surface area contributed by atoms with E-state index < -0.39 is 26.5 Å². The van der Waals surface area contributed by atoms with E-state index in [2.05, 4.69) is 86.8 Å². The maximum absolute atomic E-state index is 12.8. The van der Waals surface area contributed by atoms with Crippen LogP contribution in [0.1, 0.15) is 271 Å². The van der Waals surface area contributed by atoms with Crippen LogP contribution in [0.3, 0.4) is 0 Å². The van der Waals surface area contributed by atoms with E-state index in [0.29, 0.717) is 17.4 Å². The summed E-state index contributed by atoms with van der Waals surface area (Å²) in [7, 11) is 1.16. The van der Waals surface area contributed by atoms with Gasteiger partial charge in [-0.3, -0.25) is 14.2 Å². The molecule has 0 N–H and O–H groups in total. The van der Waals surface area contributed by atoms with Gasteiger partial charge in [0.05, 0.1) is 27.7 Å². The van der Waals surface area contributed by atoms with Crippen molar-refractivity contribution >= 4 is 19.8 Å². The van der Waals surface area contributed by atoms with Gasteiger partial charge in [0.1, 0.15) is 19.8 Å².